The van der Waals surface area contributed by atoms with Crippen LogP contribution in [0.3, 0.4) is 0 Å². The van der Waals surface area contributed by atoms with Gasteiger partial charge in [0.05, 0.1) is 22.9 Å². The molecule has 0 saturated heterocycles. The molecule has 0 aliphatic heterocycles. The van der Waals surface area contributed by atoms with Crippen LogP contribution in [0.25, 0.3) is 11.0 Å². The second kappa shape index (κ2) is 5.18. The Bertz CT molecular complexity index is 562. The average Bonchev–Trinajstić information content (AvgIpc) is 2.78. The quantitative estimate of drug-likeness (QED) is 0.849. The second-order valence-corrected chi connectivity index (χ2v) is 4.23. The van der Waals surface area contributed by atoms with E-state index in [4.69, 9.17) is 10.2 Å². The van der Waals surface area contributed by atoms with Gasteiger partial charge in [0.15, 0.2) is 0 Å². The summed E-state index contributed by atoms with van der Waals surface area (Å²) in [6.07, 6.45) is 3.21. The number of hydrogen-bond acceptors (Lipinski definition) is 3. The lowest BCUT2D eigenvalue weighted by Crippen LogP contribution is -2.09. The smallest absolute Gasteiger partial charge is 0.335 e. The first-order chi connectivity index (χ1) is 8.67. The third kappa shape index (κ3) is 2.22. The highest BCUT2D eigenvalue weighted by Crippen LogP contribution is 2.23. The summed E-state index contributed by atoms with van der Waals surface area (Å²) < 4.78 is 1.94. The van der Waals surface area contributed by atoms with Gasteiger partial charge < -0.3 is 14.8 Å². The first kappa shape index (κ1) is 12.6. The van der Waals surface area contributed by atoms with E-state index in [1.807, 2.05) is 11.5 Å². The molecule has 18 heavy (non-hydrogen) atoms. The van der Waals surface area contributed by atoms with Crippen molar-refractivity contribution in [1.29, 1.82) is 0 Å². The van der Waals surface area contributed by atoms with E-state index in [0.29, 0.717) is 6.42 Å². The van der Waals surface area contributed by atoms with Crippen molar-refractivity contribution in [2.75, 3.05) is 6.61 Å². The molecule has 0 aliphatic rings. The van der Waals surface area contributed by atoms with E-state index in [9.17, 15) is 4.79 Å². The van der Waals surface area contributed by atoms with Crippen molar-refractivity contribution in [2.45, 2.75) is 25.8 Å². The van der Waals surface area contributed by atoms with Gasteiger partial charge in [-0.25, -0.2) is 9.78 Å². The number of carboxylic acids is 1. The molecule has 1 aromatic heterocycles. The lowest BCUT2D eigenvalue weighted by Gasteiger charge is -2.16. The summed E-state index contributed by atoms with van der Waals surface area (Å²) in [6, 6.07) is 5.03. The fourth-order valence-corrected chi connectivity index (χ4v) is 2.14. The molecule has 0 spiro atoms. The molecule has 2 N–H and O–H groups in total. The van der Waals surface area contributed by atoms with E-state index < -0.39 is 5.97 Å². The maximum absolute atomic E-state index is 11.0. The molecule has 5 nitrogen and oxygen atoms in total. The lowest BCUT2D eigenvalue weighted by atomic mass is 10.1. The minimum absolute atomic E-state index is 0.108. The van der Waals surface area contributed by atoms with E-state index in [2.05, 4.69) is 4.98 Å². The van der Waals surface area contributed by atoms with Gasteiger partial charge >= 0.3 is 5.97 Å². The zero-order valence-electron chi connectivity index (χ0n) is 10.2. The van der Waals surface area contributed by atoms with Crippen molar-refractivity contribution in [3.8, 4) is 0 Å². The number of hydrogen-bond donors (Lipinski definition) is 2. The first-order valence-corrected chi connectivity index (χ1v) is 5.98. The summed E-state index contributed by atoms with van der Waals surface area (Å²) in [4.78, 5) is 15.2. The number of fused-ring (bicyclic) bond motifs is 1. The molecule has 96 valence electrons. The van der Waals surface area contributed by atoms with Crippen LogP contribution in [0.1, 0.15) is 36.2 Å². The molecule has 0 fully saturated rings. The van der Waals surface area contributed by atoms with E-state index in [0.717, 1.165) is 17.5 Å². The van der Waals surface area contributed by atoms with Gasteiger partial charge in [-0.1, -0.05) is 6.92 Å². The van der Waals surface area contributed by atoms with Crippen LogP contribution in [0, 0.1) is 0 Å². The van der Waals surface area contributed by atoms with Crippen LogP contribution in [0.5, 0.6) is 0 Å². The van der Waals surface area contributed by atoms with Crippen molar-refractivity contribution in [1.82, 2.24) is 9.55 Å². The van der Waals surface area contributed by atoms with Gasteiger partial charge in [0.25, 0.3) is 0 Å². The molecule has 0 bridgehead atoms. The number of aromatic nitrogens is 2. The van der Waals surface area contributed by atoms with Crippen LogP contribution < -0.4 is 0 Å². The molecule has 0 radical (unpaired) electrons. The molecule has 0 amide bonds. The summed E-state index contributed by atoms with van der Waals surface area (Å²) in [5.41, 5.74) is 1.83. The van der Waals surface area contributed by atoms with Crippen LogP contribution in [-0.2, 0) is 0 Å². The second-order valence-electron chi connectivity index (χ2n) is 4.23. The molecule has 0 aliphatic carbocycles. The predicted molar refractivity (Wildman–Crippen MR) is 67.7 cm³/mol. The van der Waals surface area contributed by atoms with Crippen molar-refractivity contribution in [2.24, 2.45) is 0 Å². The van der Waals surface area contributed by atoms with Crippen molar-refractivity contribution in [3.63, 3.8) is 0 Å². The molecule has 1 aromatic carbocycles. The Balaban J connectivity index is 2.50. The largest absolute Gasteiger partial charge is 0.478 e. The monoisotopic (exact) mass is 248 g/mol. The average molecular weight is 248 g/mol. The fraction of sp³-hybridized carbons (Fsp3) is 0.385. The normalized spacial score (nSPS) is 12.8. The number of nitrogens with zero attached hydrogens (tertiary/aromatic N) is 2. The number of aromatic carboxylic acids is 1. The molecular weight excluding hydrogens is 232 g/mol. The molecular formula is C13H16N2O3. The lowest BCUT2D eigenvalue weighted by molar-refractivity contribution is 0.0697. The Kier molecular flexibility index (Phi) is 3.62. The summed E-state index contributed by atoms with van der Waals surface area (Å²) in [6.45, 7) is 2.14. The molecule has 2 rings (SSSR count). The molecule has 1 atom stereocenters. The molecule has 1 unspecified atom stereocenters. The number of rotatable bonds is 5. The third-order valence-electron chi connectivity index (χ3n) is 3.15. The Morgan fingerprint density at radius 1 is 1.50 bits per heavy atom. The van der Waals surface area contributed by atoms with Crippen molar-refractivity contribution >= 4 is 17.0 Å². The van der Waals surface area contributed by atoms with Crippen LogP contribution >= 0.6 is 0 Å². The van der Waals surface area contributed by atoms with E-state index in [1.54, 1.807) is 24.5 Å². The summed E-state index contributed by atoms with van der Waals surface area (Å²) >= 11 is 0. The standard InChI is InChI=1S/C13H16N2O3/c1-2-10(5-6-16)15-8-14-11-4-3-9(13(17)18)7-12(11)15/h3-4,7-8,10,16H,2,5-6H2,1H3,(H,17,18). The number of imidazole rings is 1. The van der Waals surface area contributed by atoms with E-state index >= 15 is 0 Å². The van der Waals surface area contributed by atoms with Gasteiger partial charge in [-0.2, -0.15) is 0 Å². The topological polar surface area (TPSA) is 75.3 Å². The Morgan fingerprint density at radius 2 is 2.28 bits per heavy atom. The van der Waals surface area contributed by atoms with E-state index in [-0.39, 0.29) is 18.2 Å². The molecule has 1 heterocycles. The summed E-state index contributed by atoms with van der Waals surface area (Å²) in [5, 5.41) is 18.1. The minimum atomic E-state index is -0.945. The Morgan fingerprint density at radius 3 is 2.89 bits per heavy atom. The van der Waals surface area contributed by atoms with Gasteiger partial charge in [-0.05, 0) is 31.0 Å². The van der Waals surface area contributed by atoms with Gasteiger partial charge in [0, 0.05) is 12.6 Å². The van der Waals surface area contributed by atoms with Gasteiger partial charge in [-0.15, -0.1) is 0 Å². The highest BCUT2D eigenvalue weighted by molar-refractivity contribution is 5.92. The van der Waals surface area contributed by atoms with Crippen LogP contribution in [-0.4, -0.2) is 32.3 Å². The van der Waals surface area contributed by atoms with Crippen molar-refractivity contribution in [3.05, 3.63) is 30.1 Å². The molecule has 0 saturated carbocycles. The van der Waals surface area contributed by atoms with Crippen LogP contribution in [0.15, 0.2) is 24.5 Å². The number of carbonyl (C=O) groups is 1. The van der Waals surface area contributed by atoms with Crippen molar-refractivity contribution < 1.29 is 15.0 Å². The van der Waals surface area contributed by atoms with Gasteiger partial charge in [0.1, 0.15) is 0 Å². The fourth-order valence-electron chi connectivity index (χ4n) is 2.14. The number of carboxylic acid groups (broad SMARTS) is 1. The Hall–Kier alpha value is -1.88. The number of aliphatic hydroxyl groups is 1. The van der Waals surface area contributed by atoms with Gasteiger partial charge in [-0.3, -0.25) is 0 Å². The SMILES string of the molecule is CCC(CCO)n1cnc2ccc(C(=O)O)cc21. The van der Waals surface area contributed by atoms with Crippen LogP contribution in [0.4, 0.5) is 0 Å². The summed E-state index contributed by atoms with van der Waals surface area (Å²) in [7, 11) is 0. The van der Waals surface area contributed by atoms with E-state index in [1.165, 1.54) is 0 Å². The van der Waals surface area contributed by atoms with Crippen LogP contribution in [0.2, 0.25) is 0 Å². The maximum Gasteiger partial charge on any atom is 0.335 e. The summed E-state index contributed by atoms with van der Waals surface area (Å²) in [5.74, 6) is -0.945. The zero-order valence-corrected chi connectivity index (χ0v) is 10.2. The molecule has 2 aromatic rings. The highest BCUT2D eigenvalue weighted by atomic mass is 16.4. The highest BCUT2D eigenvalue weighted by Gasteiger charge is 2.13. The third-order valence-corrected chi connectivity index (χ3v) is 3.15. The minimum Gasteiger partial charge on any atom is -0.478 e. The predicted octanol–water partition coefficient (Wildman–Crippen LogP) is 2.07. The number of aliphatic hydroxyl groups excluding tert-OH is 1. The maximum atomic E-state index is 11.0. The molecule has 5 heteroatoms. The first-order valence-electron chi connectivity index (χ1n) is 5.98. The van der Waals surface area contributed by atoms with Gasteiger partial charge in [0.2, 0.25) is 0 Å². The number of benzene rings is 1. The Labute approximate surface area is 105 Å². The zero-order chi connectivity index (χ0) is 13.1.